The van der Waals surface area contributed by atoms with Crippen LogP contribution < -0.4 is 10.1 Å². The number of furan rings is 1. The van der Waals surface area contributed by atoms with E-state index in [2.05, 4.69) is 31.1 Å². The van der Waals surface area contributed by atoms with E-state index in [9.17, 15) is 26.7 Å². The zero-order chi connectivity index (χ0) is 22.0. The quantitative estimate of drug-likeness (QED) is 0.299. The van der Waals surface area contributed by atoms with Crippen molar-refractivity contribution in [2.24, 2.45) is 0 Å². The molecule has 0 saturated heterocycles. The van der Waals surface area contributed by atoms with Crippen LogP contribution in [0.5, 0.6) is 5.75 Å². The molecule has 0 aliphatic heterocycles. The number of aromatic nitrogens is 2. The third-order valence-corrected chi connectivity index (χ3v) is 4.60. The van der Waals surface area contributed by atoms with Gasteiger partial charge in [0.15, 0.2) is 11.5 Å². The number of nitrogens with one attached hydrogen (secondary N) is 1. The molecule has 0 aliphatic carbocycles. The fourth-order valence-electron chi connectivity index (χ4n) is 2.40. The Kier molecular flexibility index (Phi) is 6.44. The van der Waals surface area contributed by atoms with Gasteiger partial charge in [0, 0.05) is 12.7 Å². The van der Waals surface area contributed by atoms with E-state index < -0.39 is 47.3 Å². The van der Waals surface area contributed by atoms with E-state index >= 15 is 0 Å². The molecule has 1 aromatic carbocycles. The number of nitrogens with zero attached hydrogens (tertiary/aromatic N) is 2. The predicted molar refractivity (Wildman–Crippen MR) is 96.0 cm³/mol. The number of benzene rings is 1. The second kappa shape index (κ2) is 8.86. The van der Waals surface area contributed by atoms with Crippen LogP contribution in [0, 0.1) is 29.1 Å². The highest BCUT2D eigenvalue weighted by Crippen LogP contribution is 2.29. The van der Waals surface area contributed by atoms with Crippen LogP contribution in [-0.4, -0.2) is 15.7 Å². The van der Waals surface area contributed by atoms with Gasteiger partial charge in [0.2, 0.25) is 29.1 Å². The van der Waals surface area contributed by atoms with Gasteiger partial charge in [-0.2, -0.15) is 13.9 Å². The highest BCUT2D eigenvalue weighted by atomic mass is 79.9. The molecule has 6 nitrogen and oxygen atoms in total. The molecule has 2 aromatic heterocycles. The van der Waals surface area contributed by atoms with Gasteiger partial charge in [-0.1, -0.05) is 0 Å². The number of halogens is 6. The fourth-order valence-corrected chi connectivity index (χ4v) is 2.86. The highest BCUT2D eigenvalue weighted by molar-refractivity contribution is 9.10. The summed E-state index contributed by atoms with van der Waals surface area (Å²) in [6.07, 6.45) is 1.75. The monoisotopic (exact) mass is 493 g/mol. The Morgan fingerprint density at radius 1 is 1.13 bits per heavy atom. The highest BCUT2D eigenvalue weighted by Gasteiger charge is 2.27. The minimum Gasteiger partial charge on any atom is -0.479 e. The number of ether oxygens (including phenoxy) is 1. The molecule has 160 valence electrons. The minimum absolute atomic E-state index is 0.0690. The van der Waals surface area contributed by atoms with Gasteiger partial charge in [-0.25, -0.2) is 13.2 Å². The topological polar surface area (TPSA) is 69.3 Å². The molecule has 2 heterocycles. The van der Waals surface area contributed by atoms with Crippen molar-refractivity contribution >= 4 is 21.8 Å². The largest absolute Gasteiger partial charge is 0.479 e. The van der Waals surface area contributed by atoms with Gasteiger partial charge >= 0.3 is 0 Å². The summed E-state index contributed by atoms with van der Waals surface area (Å²) in [4.78, 5) is 12.2. The Labute approximate surface area is 174 Å². The molecule has 0 fully saturated rings. The summed E-state index contributed by atoms with van der Waals surface area (Å²) >= 11 is 3.32. The van der Waals surface area contributed by atoms with Gasteiger partial charge in [-0.3, -0.25) is 9.48 Å². The predicted octanol–water partition coefficient (Wildman–Crippen LogP) is 4.46. The summed E-state index contributed by atoms with van der Waals surface area (Å²) in [5.74, 6) is -13.0. The lowest BCUT2D eigenvalue weighted by atomic mass is 10.2. The zero-order valence-electron chi connectivity index (χ0n) is 15.2. The van der Waals surface area contributed by atoms with Crippen LogP contribution in [0.1, 0.15) is 28.9 Å². The second-order valence-electron chi connectivity index (χ2n) is 5.92. The molecule has 30 heavy (non-hydrogen) atoms. The van der Waals surface area contributed by atoms with Gasteiger partial charge in [-0.05, 0) is 35.0 Å². The Hall–Kier alpha value is -2.89. The summed E-state index contributed by atoms with van der Waals surface area (Å²) in [5, 5.41) is 6.82. The third-order valence-electron chi connectivity index (χ3n) is 3.94. The molecule has 3 rings (SSSR count). The van der Waals surface area contributed by atoms with E-state index in [0.29, 0.717) is 16.7 Å². The third kappa shape index (κ3) is 4.32. The normalized spacial score (nSPS) is 11.0. The van der Waals surface area contributed by atoms with Gasteiger partial charge in [0.1, 0.15) is 12.4 Å². The average Bonchev–Trinajstić information content (AvgIpc) is 3.35. The molecule has 0 unspecified atom stereocenters. The van der Waals surface area contributed by atoms with Crippen LogP contribution in [0.2, 0.25) is 0 Å². The molecular weight excluding hydrogens is 481 g/mol. The van der Waals surface area contributed by atoms with Crippen molar-refractivity contribution in [3.63, 3.8) is 0 Å². The molecule has 0 bridgehead atoms. The Balaban J connectivity index is 1.64. The maximum absolute atomic E-state index is 13.6. The molecular formula is C18H13BrF5N3O3. The van der Waals surface area contributed by atoms with E-state index in [1.807, 2.05) is 6.92 Å². The lowest BCUT2D eigenvalue weighted by Crippen LogP contribution is -2.22. The lowest BCUT2D eigenvalue weighted by molar-refractivity contribution is 0.0918. The van der Waals surface area contributed by atoms with Crippen molar-refractivity contribution in [2.45, 2.75) is 26.6 Å². The summed E-state index contributed by atoms with van der Waals surface area (Å²) in [6, 6.07) is 2.54. The standard InChI is InChI=1S/C18H13BrF5N3O3/c1-2-27-6-9(19)10(26-27)5-25-18(28)11-4-3-8(30-11)7-29-17-15(23)13(21)12(20)14(22)16(17)24/h3-4,6H,2,5,7H2,1H3,(H,25,28). The van der Waals surface area contributed by atoms with Crippen molar-refractivity contribution in [2.75, 3.05) is 0 Å². The minimum atomic E-state index is -2.29. The van der Waals surface area contributed by atoms with E-state index in [4.69, 9.17) is 4.42 Å². The SMILES string of the molecule is CCn1cc(Br)c(CNC(=O)c2ccc(COc3c(F)c(F)c(F)c(F)c3F)o2)n1. The van der Waals surface area contributed by atoms with Crippen molar-refractivity contribution < 1.29 is 35.9 Å². The van der Waals surface area contributed by atoms with Crippen LogP contribution in [0.4, 0.5) is 22.0 Å². The molecule has 0 atom stereocenters. The first-order chi connectivity index (χ1) is 14.2. The molecule has 3 aromatic rings. The molecule has 12 heteroatoms. The smallest absolute Gasteiger partial charge is 0.287 e. The number of carbonyl (C=O) groups excluding carboxylic acids is 1. The van der Waals surface area contributed by atoms with Gasteiger partial charge in [-0.15, -0.1) is 0 Å². The Morgan fingerprint density at radius 3 is 2.37 bits per heavy atom. The number of hydrogen-bond donors (Lipinski definition) is 1. The average molecular weight is 494 g/mol. The molecule has 1 N–H and O–H groups in total. The molecule has 0 aliphatic rings. The van der Waals surface area contributed by atoms with Crippen molar-refractivity contribution in [1.29, 1.82) is 0 Å². The van der Waals surface area contributed by atoms with Crippen LogP contribution in [0.3, 0.4) is 0 Å². The number of aryl methyl sites for hydroxylation is 1. The number of carbonyl (C=O) groups is 1. The summed E-state index contributed by atoms with van der Waals surface area (Å²) in [5.41, 5.74) is 0.589. The number of hydrogen-bond acceptors (Lipinski definition) is 4. The zero-order valence-corrected chi connectivity index (χ0v) is 16.8. The number of rotatable bonds is 7. The van der Waals surface area contributed by atoms with E-state index in [0.717, 1.165) is 0 Å². The fraction of sp³-hybridized carbons (Fsp3) is 0.222. The second-order valence-corrected chi connectivity index (χ2v) is 6.77. The maximum Gasteiger partial charge on any atom is 0.287 e. The molecule has 0 spiro atoms. The molecule has 0 saturated carbocycles. The Bertz CT molecular complexity index is 1070. The van der Waals surface area contributed by atoms with E-state index in [1.54, 1.807) is 10.9 Å². The molecule has 0 radical (unpaired) electrons. The van der Waals surface area contributed by atoms with Crippen LogP contribution >= 0.6 is 15.9 Å². The van der Waals surface area contributed by atoms with E-state index in [1.165, 1.54) is 12.1 Å². The number of amides is 1. The van der Waals surface area contributed by atoms with Crippen LogP contribution in [-0.2, 0) is 19.7 Å². The summed E-state index contributed by atoms with van der Waals surface area (Å²) in [6.45, 7) is 1.99. The molecule has 1 amide bonds. The lowest BCUT2D eigenvalue weighted by Gasteiger charge is -2.09. The van der Waals surface area contributed by atoms with E-state index in [-0.39, 0.29) is 18.1 Å². The van der Waals surface area contributed by atoms with Crippen molar-refractivity contribution in [1.82, 2.24) is 15.1 Å². The summed E-state index contributed by atoms with van der Waals surface area (Å²) < 4.78 is 78.9. The van der Waals surface area contributed by atoms with Gasteiger partial charge < -0.3 is 14.5 Å². The summed E-state index contributed by atoms with van der Waals surface area (Å²) in [7, 11) is 0. The van der Waals surface area contributed by atoms with Crippen LogP contribution in [0.15, 0.2) is 27.2 Å². The first kappa shape index (κ1) is 21.8. The van der Waals surface area contributed by atoms with Crippen molar-refractivity contribution in [3.05, 3.63) is 69.1 Å². The van der Waals surface area contributed by atoms with Crippen LogP contribution in [0.25, 0.3) is 0 Å². The Morgan fingerprint density at radius 2 is 1.77 bits per heavy atom. The first-order valence-electron chi connectivity index (χ1n) is 8.45. The first-order valence-corrected chi connectivity index (χ1v) is 9.25. The maximum atomic E-state index is 13.6. The van der Waals surface area contributed by atoms with Crippen molar-refractivity contribution in [3.8, 4) is 5.75 Å². The van der Waals surface area contributed by atoms with Gasteiger partial charge in [0.25, 0.3) is 5.91 Å². The van der Waals surface area contributed by atoms with Gasteiger partial charge in [0.05, 0.1) is 16.7 Å².